The van der Waals surface area contributed by atoms with Crippen molar-refractivity contribution >= 4 is 17.5 Å². The zero-order chi connectivity index (χ0) is 11.7. The molecule has 0 aliphatic heterocycles. The van der Waals surface area contributed by atoms with Gasteiger partial charge < -0.3 is 15.6 Å². The lowest BCUT2D eigenvalue weighted by Crippen LogP contribution is -2.38. The van der Waals surface area contributed by atoms with E-state index < -0.39 is 0 Å². The molecule has 16 heavy (non-hydrogen) atoms. The smallest absolute Gasteiger partial charge is 0.268 e. The van der Waals surface area contributed by atoms with Gasteiger partial charge in [-0.15, -0.1) is 0 Å². The molecule has 0 saturated heterocycles. The van der Waals surface area contributed by atoms with Crippen molar-refractivity contribution in [3.05, 3.63) is 23.0 Å². The van der Waals surface area contributed by atoms with Crippen LogP contribution in [-0.2, 0) is 0 Å². The second-order valence-corrected chi connectivity index (χ2v) is 4.73. The molecule has 1 heterocycles. The van der Waals surface area contributed by atoms with E-state index in [4.69, 9.17) is 17.3 Å². The summed E-state index contributed by atoms with van der Waals surface area (Å²) in [5.41, 5.74) is 6.10. The number of amides is 1. The van der Waals surface area contributed by atoms with Crippen LogP contribution < -0.4 is 11.1 Å². The molecule has 1 atom stereocenters. The highest BCUT2D eigenvalue weighted by atomic mass is 35.5. The van der Waals surface area contributed by atoms with Crippen LogP contribution in [0.15, 0.2) is 12.3 Å². The van der Waals surface area contributed by atoms with E-state index in [-0.39, 0.29) is 11.9 Å². The van der Waals surface area contributed by atoms with Gasteiger partial charge in [-0.3, -0.25) is 4.79 Å². The topological polar surface area (TPSA) is 60.0 Å². The number of carbonyl (C=O) groups is 1. The Kier molecular flexibility index (Phi) is 3.21. The highest BCUT2D eigenvalue weighted by Gasteiger charge is 2.28. The molecule has 1 amide bonds. The van der Waals surface area contributed by atoms with Gasteiger partial charge in [-0.1, -0.05) is 11.6 Å². The summed E-state index contributed by atoms with van der Waals surface area (Å²) < 4.78 is 1.96. The average molecular weight is 242 g/mol. The van der Waals surface area contributed by atoms with Crippen LogP contribution in [0.4, 0.5) is 0 Å². The summed E-state index contributed by atoms with van der Waals surface area (Å²) in [6.07, 6.45) is 4.07. The van der Waals surface area contributed by atoms with Crippen LogP contribution in [0, 0.1) is 0 Å². The van der Waals surface area contributed by atoms with Gasteiger partial charge in [0.1, 0.15) is 5.69 Å². The number of aromatic nitrogens is 1. The molecule has 88 valence electrons. The summed E-state index contributed by atoms with van der Waals surface area (Å²) in [6, 6.07) is 2.13. The number of hydrogen-bond acceptors (Lipinski definition) is 2. The van der Waals surface area contributed by atoms with Gasteiger partial charge in [-0.25, -0.2) is 0 Å². The van der Waals surface area contributed by atoms with E-state index >= 15 is 0 Å². The number of nitrogens with zero attached hydrogens (tertiary/aromatic N) is 1. The highest BCUT2D eigenvalue weighted by molar-refractivity contribution is 6.31. The van der Waals surface area contributed by atoms with Crippen molar-refractivity contribution in [1.29, 1.82) is 0 Å². The van der Waals surface area contributed by atoms with E-state index in [0.29, 0.717) is 23.3 Å². The van der Waals surface area contributed by atoms with Crippen molar-refractivity contribution in [2.75, 3.05) is 6.54 Å². The van der Waals surface area contributed by atoms with Gasteiger partial charge >= 0.3 is 0 Å². The molecule has 1 fully saturated rings. The summed E-state index contributed by atoms with van der Waals surface area (Å²) in [6.45, 7) is 2.31. The van der Waals surface area contributed by atoms with E-state index in [1.54, 1.807) is 6.07 Å². The first-order valence-electron chi connectivity index (χ1n) is 5.50. The highest BCUT2D eigenvalue weighted by Crippen LogP contribution is 2.37. The van der Waals surface area contributed by atoms with Crippen molar-refractivity contribution in [1.82, 2.24) is 9.88 Å². The monoisotopic (exact) mass is 241 g/mol. The van der Waals surface area contributed by atoms with Crippen LogP contribution >= 0.6 is 11.6 Å². The number of rotatable bonds is 4. The lowest BCUT2D eigenvalue weighted by atomic mass is 10.3. The maximum Gasteiger partial charge on any atom is 0.268 e. The fraction of sp³-hybridized carbons (Fsp3) is 0.545. The standard InChI is InChI=1S/C11H16ClN3O/c1-7(5-13)14-11(16)10-4-8(12)6-15(10)9-2-3-9/h4,6-7,9H,2-3,5,13H2,1H3,(H,14,16). The maximum atomic E-state index is 11.9. The van der Waals surface area contributed by atoms with Gasteiger partial charge in [-0.05, 0) is 25.8 Å². The van der Waals surface area contributed by atoms with Gasteiger partial charge in [0.25, 0.3) is 5.91 Å². The number of carbonyl (C=O) groups excluding carboxylic acids is 1. The third-order valence-electron chi connectivity index (χ3n) is 2.72. The normalized spacial score (nSPS) is 17.2. The minimum absolute atomic E-state index is 0.0196. The van der Waals surface area contributed by atoms with Crippen molar-refractivity contribution in [2.24, 2.45) is 5.73 Å². The molecule has 0 bridgehead atoms. The molecule has 0 aromatic carbocycles. The molecule has 1 unspecified atom stereocenters. The summed E-state index contributed by atoms with van der Waals surface area (Å²) in [4.78, 5) is 11.9. The summed E-state index contributed by atoms with van der Waals surface area (Å²) >= 11 is 5.93. The minimum Gasteiger partial charge on any atom is -0.347 e. The van der Waals surface area contributed by atoms with Gasteiger partial charge in [-0.2, -0.15) is 0 Å². The zero-order valence-corrected chi connectivity index (χ0v) is 10.00. The third kappa shape index (κ3) is 2.39. The lowest BCUT2D eigenvalue weighted by molar-refractivity contribution is 0.0931. The van der Waals surface area contributed by atoms with E-state index in [0.717, 1.165) is 12.8 Å². The summed E-state index contributed by atoms with van der Waals surface area (Å²) in [7, 11) is 0. The fourth-order valence-electron chi connectivity index (χ4n) is 1.64. The molecular formula is C11H16ClN3O. The van der Waals surface area contributed by atoms with Gasteiger partial charge in [0.15, 0.2) is 0 Å². The third-order valence-corrected chi connectivity index (χ3v) is 2.93. The SMILES string of the molecule is CC(CN)NC(=O)c1cc(Cl)cn1C1CC1. The Labute approximate surface area is 99.8 Å². The first-order chi connectivity index (χ1) is 7.61. The number of halogens is 1. The molecule has 1 aliphatic rings. The fourth-order valence-corrected chi connectivity index (χ4v) is 1.85. The number of nitrogens with one attached hydrogen (secondary N) is 1. The van der Waals surface area contributed by atoms with Crippen LogP contribution in [0.3, 0.4) is 0 Å². The van der Waals surface area contributed by atoms with Crippen LogP contribution in [0.25, 0.3) is 0 Å². The summed E-state index contributed by atoms with van der Waals surface area (Å²) in [5.74, 6) is -0.100. The number of nitrogens with two attached hydrogens (primary N) is 1. The lowest BCUT2D eigenvalue weighted by Gasteiger charge is -2.12. The van der Waals surface area contributed by atoms with Gasteiger partial charge in [0.05, 0.1) is 5.02 Å². The summed E-state index contributed by atoms with van der Waals surface area (Å²) in [5, 5.41) is 3.45. The largest absolute Gasteiger partial charge is 0.347 e. The molecule has 3 N–H and O–H groups in total. The van der Waals surface area contributed by atoms with Crippen molar-refractivity contribution in [3.63, 3.8) is 0 Å². The van der Waals surface area contributed by atoms with Crippen LogP contribution in [0.2, 0.25) is 5.02 Å². The van der Waals surface area contributed by atoms with E-state index in [9.17, 15) is 4.79 Å². The maximum absolute atomic E-state index is 11.9. The molecule has 5 heteroatoms. The van der Waals surface area contributed by atoms with E-state index in [1.807, 2.05) is 17.7 Å². The van der Waals surface area contributed by atoms with Gasteiger partial charge in [0.2, 0.25) is 0 Å². The molecule has 0 radical (unpaired) electrons. The van der Waals surface area contributed by atoms with Gasteiger partial charge in [0, 0.05) is 24.8 Å². The molecule has 1 saturated carbocycles. The molecule has 4 nitrogen and oxygen atoms in total. The molecule has 1 aliphatic carbocycles. The minimum atomic E-state index is -0.100. The van der Waals surface area contributed by atoms with E-state index in [1.165, 1.54) is 0 Å². The average Bonchev–Trinajstić information content (AvgIpc) is 3.01. The Morgan fingerprint density at radius 2 is 2.44 bits per heavy atom. The first kappa shape index (κ1) is 11.5. The molecule has 1 aromatic rings. The van der Waals surface area contributed by atoms with Crippen LogP contribution in [-0.4, -0.2) is 23.1 Å². The van der Waals surface area contributed by atoms with Crippen LogP contribution in [0.5, 0.6) is 0 Å². The Hall–Kier alpha value is -1.00. The Morgan fingerprint density at radius 1 is 1.75 bits per heavy atom. The van der Waals surface area contributed by atoms with Crippen LogP contribution in [0.1, 0.15) is 36.3 Å². The molecular weight excluding hydrogens is 226 g/mol. The molecule has 0 spiro atoms. The van der Waals surface area contributed by atoms with E-state index in [2.05, 4.69) is 5.32 Å². The predicted molar refractivity (Wildman–Crippen MR) is 63.7 cm³/mol. The van der Waals surface area contributed by atoms with Crippen molar-refractivity contribution in [3.8, 4) is 0 Å². The second-order valence-electron chi connectivity index (χ2n) is 4.29. The quantitative estimate of drug-likeness (QED) is 0.840. The Morgan fingerprint density at radius 3 is 3.00 bits per heavy atom. The second kappa shape index (κ2) is 4.47. The van der Waals surface area contributed by atoms with Crippen molar-refractivity contribution < 1.29 is 4.79 Å². The Balaban J connectivity index is 2.15. The zero-order valence-electron chi connectivity index (χ0n) is 9.24. The Bertz CT molecular complexity index is 398. The number of hydrogen-bond donors (Lipinski definition) is 2. The first-order valence-corrected chi connectivity index (χ1v) is 5.88. The van der Waals surface area contributed by atoms with Crippen molar-refractivity contribution in [2.45, 2.75) is 31.8 Å². The molecule has 2 rings (SSSR count). The predicted octanol–water partition coefficient (Wildman–Crippen LogP) is 1.55. The molecule has 1 aromatic heterocycles.